The van der Waals surface area contributed by atoms with E-state index in [1.165, 1.54) is 10.7 Å². The predicted molar refractivity (Wildman–Crippen MR) is 121 cm³/mol. The number of pyridine rings is 1. The molecule has 0 fully saturated rings. The average molecular weight is 448 g/mol. The molecule has 0 radical (unpaired) electrons. The highest BCUT2D eigenvalue weighted by molar-refractivity contribution is 6.31. The SMILES string of the molecule is Cc1cc(Nc2cccc3nc(-c4cn(-c5ccc(F)c(F)c5)nn4)ccc23)ccc1Cl. The Labute approximate surface area is 187 Å². The molecule has 0 saturated heterocycles. The second-order valence-corrected chi connectivity index (χ2v) is 7.71. The van der Waals surface area contributed by atoms with Crippen LogP contribution in [-0.2, 0) is 0 Å². The molecule has 5 nitrogen and oxygen atoms in total. The smallest absolute Gasteiger partial charge is 0.160 e. The average Bonchev–Trinajstić information content (AvgIpc) is 3.28. The van der Waals surface area contributed by atoms with Gasteiger partial charge in [-0.05, 0) is 67.1 Å². The zero-order valence-corrected chi connectivity index (χ0v) is 17.6. The summed E-state index contributed by atoms with van der Waals surface area (Å²) in [7, 11) is 0. The van der Waals surface area contributed by atoms with Crippen LogP contribution >= 0.6 is 11.6 Å². The summed E-state index contributed by atoms with van der Waals surface area (Å²) in [4.78, 5) is 4.71. The molecule has 32 heavy (non-hydrogen) atoms. The van der Waals surface area contributed by atoms with E-state index in [2.05, 4.69) is 15.6 Å². The van der Waals surface area contributed by atoms with Gasteiger partial charge in [-0.25, -0.2) is 18.4 Å². The lowest BCUT2D eigenvalue weighted by Crippen LogP contribution is -1.96. The van der Waals surface area contributed by atoms with Gasteiger partial charge in [0.15, 0.2) is 11.6 Å². The Hall–Kier alpha value is -3.84. The molecule has 0 amide bonds. The maximum absolute atomic E-state index is 13.5. The molecule has 1 N–H and O–H groups in total. The molecular weight excluding hydrogens is 432 g/mol. The first-order valence-electron chi connectivity index (χ1n) is 9.79. The van der Waals surface area contributed by atoms with Crippen molar-refractivity contribution in [1.82, 2.24) is 20.0 Å². The molecule has 0 aliphatic heterocycles. The summed E-state index contributed by atoms with van der Waals surface area (Å²) in [5.41, 5.74) is 5.11. The van der Waals surface area contributed by atoms with Crippen LogP contribution in [-0.4, -0.2) is 20.0 Å². The number of nitrogens with zero attached hydrogens (tertiary/aromatic N) is 4. The zero-order chi connectivity index (χ0) is 22.2. The maximum Gasteiger partial charge on any atom is 0.160 e. The van der Waals surface area contributed by atoms with Crippen LogP contribution in [0.1, 0.15) is 5.56 Å². The number of halogens is 3. The van der Waals surface area contributed by atoms with Crippen molar-refractivity contribution in [2.75, 3.05) is 5.32 Å². The van der Waals surface area contributed by atoms with Crippen molar-refractivity contribution in [1.29, 1.82) is 0 Å². The monoisotopic (exact) mass is 447 g/mol. The molecule has 5 rings (SSSR count). The molecule has 0 aliphatic carbocycles. The second-order valence-electron chi connectivity index (χ2n) is 7.30. The van der Waals surface area contributed by atoms with Gasteiger partial charge in [0.25, 0.3) is 0 Å². The van der Waals surface area contributed by atoms with E-state index < -0.39 is 11.6 Å². The molecule has 0 spiro atoms. The molecule has 5 aromatic rings. The standard InChI is InChI=1S/C24H16ClF2N5/c1-14-11-15(5-8-18(14)25)28-21-3-2-4-22-17(21)7-10-23(29-22)24-13-32(31-30-24)16-6-9-19(26)20(27)12-16/h2-13,28H,1H3. The summed E-state index contributed by atoms with van der Waals surface area (Å²) >= 11 is 6.12. The van der Waals surface area contributed by atoms with Gasteiger partial charge in [-0.1, -0.05) is 22.9 Å². The van der Waals surface area contributed by atoms with Gasteiger partial charge in [-0.15, -0.1) is 5.10 Å². The number of aromatic nitrogens is 4. The number of nitrogens with one attached hydrogen (secondary N) is 1. The lowest BCUT2D eigenvalue weighted by Gasteiger charge is -2.11. The lowest BCUT2D eigenvalue weighted by molar-refractivity contribution is 0.507. The third-order valence-corrected chi connectivity index (χ3v) is 5.52. The van der Waals surface area contributed by atoms with Gasteiger partial charge in [0.05, 0.1) is 23.1 Å². The molecule has 2 heterocycles. The summed E-state index contributed by atoms with van der Waals surface area (Å²) in [6.45, 7) is 1.96. The van der Waals surface area contributed by atoms with E-state index in [-0.39, 0.29) is 0 Å². The number of hydrogen-bond acceptors (Lipinski definition) is 4. The van der Waals surface area contributed by atoms with E-state index in [1.807, 2.05) is 55.5 Å². The van der Waals surface area contributed by atoms with Gasteiger partial charge < -0.3 is 5.32 Å². The van der Waals surface area contributed by atoms with Crippen LogP contribution < -0.4 is 5.32 Å². The summed E-state index contributed by atoms with van der Waals surface area (Å²) < 4.78 is 28.1. The quantitative estimate of drug-likeness (QED) is 0.343. The maximum atomic E-state index is 13.5. The van der Waals surface area contributed by atoms with Crippen molar-refractivity contribution >= 4 is 33.9 Å². The molecular formula is C24H16ClF2N5. The third-order valence-electron chi connectivity index (χ3n) is 5.09. The van der Waals surface area contributed by atoms with Crippen LogP contribution in [0.15, 0.2) is 72.9 Å². The molecule has 0 atom stereocenters. The molecule has 2 aromatic heterocycles. The van der Waals surface area contributed by atoms with Crippen molar-refractivity contribution in [3.63, 3.8) is 0 Å². The third kappa shape index (κ3) is 3.78. The van der Waals surface area contributed by atoms with E-state index in [1.54, 1.807) is 6.20 Å². The van der Waals surface area contributed by atoms with Gasteiger partial charge in [-0.2, -0.15) is 0 Å². The number of fused-ring (bicyclic) bond motifs is 1. The van der Waals surface area contributed by atoms with Crippen molar-refractivity contribution in [2.45, 2.75) is 6.92 Å². The first-order valence-corrected chi connectivity index (χ1v) is 10.2. The van der Waals surface area contributed by atoms with Crippen LogP contribution in [0.2, 0.25) is 5.02 Å². The fraction of sp³-hybridized carbons (Fsp3) is 0.0417. The van der Waals surface area contributed by atoms with Gasteiger partial charge >= 0.3 is 0 Å². The van der Waals surface area contributed by atoms with Crippen LogP contribution in [0.3, 0.4) is 0 Å². The number of benzene rings is 3. The van der Waals surface area contributed by atoms with Crippen LogP contribution in [0.25, 0.3) is 28.0 Å². The van der Waals surface area contributed by atoms with E-state index in [0.717, 1.165) is 45.0 Å². The van der Waals surface area contributed by atoms with Crippen molar-refractivity contribution in [3.8, 4) is 17.1 Å². The molecule has 0 saturated carbocycles. The van der Waals surface area contributed by atoms with Crippen LogP contribution in [0.5, 0.6) is 0 Å². The van der Waals surface area contributed by atoms with Crippen molar-refractivity contribution in [3.05, 3.63) is 95.1 Å². The Morgan fingerprint density at radius 1 is 0.906 bits per heavy atom. The highest BCUT2D eigenvalue weighted by atomic mass is 35.5. The molecule has 0 unspecified atom stereocenters. The number of aryl methyl sites for hydroxylation is 1. The van der Waals surface area contributed by atoms with Gasteiger partial charge in [0, 0.05) is 27.8 Å². The largest absolute Gasteiger partial charge is 0.355 e. The van der Waals surface area contributed by atoms with Crippen LogP contribution in [0, 0.1) is 18.6 Å². The summed E-state index contributed by atoms with van der Waals surface area (Å²) in [6, 6.07) is 18.9. The Morgan fingerprint density at radius 3 is 2.59 bits per heavy atom. The van der Waals surface area contributed by atoms with Gasteiger partial charge in [0.2, 0.25) is 0 Å². The molecule has 0 bridgehead atoms. The van der Waals surface area contributed by atoms with E-state index in [4.69, 9.17) is 16.6 Å². The molecule has 158 valence electrons. The molecule has 3 aromatic carbocycles. The van der Waals surface area contributed by atoms with Gasteiger partial charge in [-0.3, -0.25) is 0 Å². The molecule has 0 aliphatic rings. The highest BCUT2D eigenvalue weighted by Crippen LogP contribution is 2.29. The van der Waals surface area contributed by atoms with Crippen molar-refractivity contribution in [2.24, 2.45) is 0 Å². The fourth-order valence-corrected chi connectivity index (χ4v) is 3.54. The topological polar surface area (TPSA) is 55.6 Å². The minimum atomic E-state index is -0.945. The first kappa shape index (κ1) is 20.1. The minimum absolute atomic E-state index is 0.369. The summed E-state index contributed by atoms with van der Waals surface area (Å²) in [6.07, 6.45) is 1.62. The number of rotatable bonds is 4. The van der Waals surface area contributed by atoms with E-state index in [9.17, 15) is 8.78 Å². The number of hydrogen-bond donors (Lipinski definition) is 1. The summed E-state index contributed by atoms with van der Waals surface area (Å²) in [5.74, 6) is -1.86. The Kier molecular flexibility index (Phi) is 5.03. The predicted octanol–water partition coefficient (Wildman–Crippen LogP) is 6.47. The Bertz CT molecular complexity index is 1460. The number of anilines is 2. The van der Waals surface area contributed by atoms with Gasteiger partial charge in [0.1, 0.15) is 5.69 Å². The first-order chi connectivity index (χ1) is 15.5. The van der Waals surface area contributed by atoms with Crippen LogP contribution in [0.4, 0.5) is 20.2 Å². The van der Waals surface area contributed by atoms with Crippen molar-refractivity contribution < 1.29 is 8.78 Å². The highest BCUT2D eigenvalue weighted by Gasteiger charge is 2.11. The van der Waals surface area contributed by atoms with E-state index >= 15 is 0 Å². The second kappa shape index (κ2) is 8.01. The van der Waals surface area contributed by atoms with E-state index in [0.29, 0.717) is 17.1 Å². The summed E-state index contributed by atoms with van der Waals surface area (Å²) in [5, 5.41) is 13.2. The fourth-order valence-electron chi connectivity index (χ4n) is 3.42. The zero-order valence-electron chi connectivity index (χ0n) is 16.9. The molecule has 8 heteroatoms. The Morgan fingerprint density at radius 2 is 1.78 bits per heavy atom. The normalized spacial score (nSPS) is 11.1. The minimum Gasteiger partial charge on any atom is -0.355 e. The Balaban J connectivity index is 1.47. The lowest BCUT2D eigenvalue weighted by atomic mass is 10.1.